The lowest BCUT2D eigenvalue weighted by Gasteiger charge is -2.28. The van der Waals surface area contributed by atoms with E-state index in [0.29, 0.717) is 6.07 Å². The van der Waals surface area contributed by atoms with Crippen molar-refractivity contribution in [3.63, 3.8) is 0 Å². The van der Waals surface area contributed by atoms with Gasteiger partial charge in [0.05, 0.1) is 11.3 Å². The molecule has 42 heavy (non-hydrogen) atoms. The van der Waals surface area contributed by atoms with Crippen LogP contribution in [-0.2, 0) is 18.3 Å². The van der Waals surface area contributed by atoms with Crippen molar-refractivity contribution < 1.29 is 58.6 Å². The summed E-state index contributed by atoms with van der Waals surface area (Å²) in [6.45, 7) is -1.11. The minimum Gasteiger partial charge on any atom is -0.416 e. The Labute approximate surface area is 230 Å². The summed E-state index contributed by atoms with van der Waals surface area (Å²) >= 11 is 0. The summed E-state index contributed by atoms with van der Waals surface area (Å²) in [7, 11) is 0. The van der Waals surface area contributed by atoms with Gasteiger partial charge in [-0.2, -0.15) is 26.3 Å². The standard InChI is InChI=1S/C24H20F9N5O4/c25-22(26,27)13-10-14(34)17-18-36-37-20(41-18)21(40,23(28,29)30)8-4-1-5-9-38(19(39)16(13)35-17)11-12-6-2-3-7-15(12)42-24(31,32)33/h2-3,6-7,10,40H,1,4-5,8-9,11,34H2. The number of para-hydroxylation sites is 1. The van der Waals surface area contributed by atoms with Gasteiger partial charge in [0.1, 0.15) is 11.4 Å². The van der Waals surface area contributed by atoms with Crippen LogP contribution in [0.4, 0.5) is 45.2 Å². The number of carbonyl (C=O) groups excluding carboxylic acids is 1. The molecule has 18 heteroatoms. The molecule has 0 saturated carbocycles. The van der Waals surface area contributed by atoms with Gasteiger partial charge in [-0.3, -0.25) is 4.79 Å². The molecule has 0 spiro atoms. The number of nitrogen functional groups attached to an aromatic ring is 1. The fraction of sp³-hybridized carbons (Fsp3) is 0.417. The molecule has 1 amide bonds. The molecule has 3 N–H and O–H groups in total. The largest absolute Gasteiger partial charge is 0.573 e. The van der Waals surface area contributed by atoms with Gasteiger partial charge < -0.3 is 24.9 Å². The van der Waals surface area contributed by atoms with E-state index in [4.69, 9.17) is 10.2 Å². The summed E-state index contributed by atoms with van der Waals surface area (Å²) in [5.41, 5.74) is -2.67. The maximum absolute atomic E-state index is 14.0. The average Bonchev–Trinajstić information content (AvgIpc) is 3.36. The van der Waals surface area contributed by atoms with Crippen LogP contribution in [0.2, 0.25) is 0 Å². The van der Waals surface area contributed by atoms with E-state index in [0.717, 1.165) is 17.0 Å². The monoisotopic (exact) mass is 613 g/mol. The molecular formula is C24H20F9N5O4. The first-order chi connectivity index (χ1) is 19.4. The van der Waals surface area contributed by atoms with E-state index in [-0.39, 0.29) is 24.8 Å². The fourth-order valence-corrected chi connectivity index (χ4v) is 4.26. The first kappa shape index (κ1) is 30.9. The number of benzene rings is 1. The summed E-state index contributed by atoms with van der Waals surface area (Å²) in [4.78, 5) is 17.9. The molecule has 4 rings (SSSR count). The zero-order valence-corrected chi connectivity index (χ0v) is 21.1. The van der Waals surface area contributed by atoms with Crippen LogP contribution in [0, 0.1) is 0 Å². The number of hydrogen-bond donors (Lipinski definition) is 2. The lowest BCUT2D eigenvalue weighted by Crippen LogP contribution is -2.42. The molecular weight excluding hydrogens is 593 g/mol. The molecule has 4 bridgehead atoms. The second-order valence-corrected chi connectivity index (χ2v) is 9.28. The van der Waals surface area contributed by atoms with E-state index >= 15 is 0 Å². The van der Waals surface area contributed by atoms with Crippen molar-refractivity contribution in [2.24, 2.45) is 0 Å². The minimum atomic E-state index is -5.30. The third kappa shape index (κ3) is 6.37. The normalized spacial score (nSPS) is 19.0. The van der Waals surface area contributed by atoms with Crippen molar-refractivity contribution in [3.05, 3.63) is 53.0 Å². The number of rotatable bonds is 3. The van der Waals surface area contributed by atoms with Gasteiger partial charge in [-0.25, -0.2) is 4.98 Å². The third-order valence-electron chi connectivity index (χ3n) is 6.32. The highest BCUT2D eigenvalue weighted by Crippen LogP contribution is 2.44. The van der Waals surface area contributed by atoms with Gasteiger partial charge in [-0.15, -0.1) is 23.4 Å². The number of hydrogen-bond acceptors (Lipinski definition) is 8. The number of halogens is 9. The summed E-state index contributed by atoms with van der Waals surface area (Å²) < 4.78 is 131. The molecule has 9 nitrogen and oxygen atoms in total. The molecule has 0 aliphatic carbocycles. The van der Waals surface area contributed by atoms with Crippen molar-refractivity contribution in [1.82, 2.24) is 20.1 Å². The van der Waals surface area contributed by atoms with Crippen LogP contribution in [-0.4, -0.2) is 50.2 Å². The van der Waals surface area contributed by atoms with Crippen molar-refractivity contribution >= 4 is 11.6 Å². The summed E-state index contributed by atoms with van der Waals surface area (Å²) in [6.07, 6.45) is -17.2. The number of ether oxygens (including phenoxy) is 1. The Hall–Kier alpha value is -4.09. The van der Waals surface area contributed by atoms with E-state index in [9.17, 15) is 49.4 Å². The zero-order chi connectivity index (χ0) is 31.1. The molecule has 3 aromatic rings. The number of amides is 1. The second kappa shape index (κ2) is 11.0. The third-order valence-corrected chi connectivity index (χ3v) is 6.32. The van der Waals surface area contributed by atoms with Gasteiger partial charge in [0, 0.05) is 18.7 Å². The number of pyridine rings is 1. The minimum absolute atomic E-state index is 0.101. The Morgan fingerprint density at radius 2 is 1.69 bits per heavy atom. The number of aromatic nitrogens is 3. The predicted molar refractivity (Wildman–Crippen MR) is 123 cm³/mol. The smallest absolute Gasteiger partial charge is 0.416 e. The fourth-order valence-electron chi connectivity index (χ4n) is 4.26. The molecule has 1 aliphatic rings. The highest BCUT2D eigenvalue weighted by Gasteiger charge is 2.58. The van der Waals surface area contributed by atoms with Crippen molar-refractivity contribution in [1.29, 1.82) is 0 Å². The molecule has 1 aromatic carbocycles. The molecule has 0 radical (unpaired) electrons. The Morgan fingerprint density at radius 1 is 1.00 bits per heavy atom. The molecule has 1 unspecified atom stereocenters. The number of anilines is 1. The first-order valence-electron chi connectivity index (χ1n) is 12.0. The number of nitrogens with two attached hydrogens (primary N) is 1. The topological polar surface area (TPSA) is 128 Å². The van der Waals surface area contributed by atoms with E-state index < -0.39 is 89.9 Å². The number of aliphatic hydroxyl groups is 1. The van der Waals surface area contributed by atoms with E-state index in [1.54, 1.807) is 0 Å². The van der Waals surface area contributed by atoms with Crippen LogP contribution in [0.1, 0.15) is 53.2 Å². The quantitative estimate of drug-likeness (QED) is 0.366. The van der Waals surface area contributed by atoms with E-state index in [1.165, 1.54) is 12.1 Å². The number of nitrogens with zero attached hydrogens (tertiary/aromatic N) is 4. The molecule has 1 aliphatic heterocycles. The van der Waals surface area contributed by atoms with Crippen molar-refractivity contribution in [2.45, 2.75) is 56.5 Å². The molecule has 1 atom stereocenters. The Kier molecular flexibility index (Phi) is 8.05. The van der Waals surface area contributed by atoms with Gasteiger partial charge >= 0.3 is 18.7 Å². The Bertz CT molecular complexity index is 1460. The van der Waals surface area contributed by atoms with Gasteiger partial charge in [-0.05, 0) is 31.4 Å². The predicted octanol–water partition coefficient (Wildman–Crippen LogP) is 5.60. The molecule has 0 saturated heterocycles. The highest BCUT2D eigenvalue weighted by molar-refractivity contribution is 5.95. The average molecular weight is 613 g/mol. The number of fused-ring (bicyclic) bond motifs is 5. The number of carbonyl (C=O) groups is 1. The van der Waals surface area contributed by atoms with Gasteiger partial charge in [-0.1, -0.05) is 24.6 Å². The van der Waals surface area contributed by atoms with Crippen LogP contribution >= 0.6 is 0 Å². The van der Waals surface area contributed by atoms with Crippen LogP contribution in [0.15, 0.2) is 34.7 Å². The summed E-state index contributed by atoms with van der Waals surface area (Å²) in [5, 5.41) is 17.1. The van der Waals surface area contributed by atoms with E-state index in [2.05, 4.69) is 19.9 Å². The summed E-state index contributed by atoms with van der Waals surface area (Å²) in [5.74, 6) is -4.33. The molecule has 2 aromatic heterocycles. The lowest BCUT2D eigenvalue weighted by molar-refractivity contribution is -0.277. The Morgan fingerprint density at radius 3 is 2.33 bits per heavy atom. The van der Waals surface area contributed by atoms with Gasteiger partial charge in [0.25, 0.3) is 17.7 Å². The SMILES string of the molecule is Nc1cc(C(F)(F)F)c2nc1-c1nnc(o1)C(O)(C(F)(F)F)CCCCCN(Cc1ccccc1OC(F)(F)F)C2=O. The lowest BCUT2D eigenvalue weighted by atomic mass is 9.95. The van der Waals surface area contributed by atoms with Gasteiger partial charge in [0.2, 0.25) is 5.60 Å². The molecule has 0 fully saturated rings. The Balaban J connectivity index is 1.86. The van der Waals surface area contributed by atoms with Crippen molar-refractivity contribution in [3.8, 4) is 17.3 Å². The van der Waals surface area contributed by atoms with Crippen LogP contribution < -0.4 is 10.5 Å². The summed E-state index contributed by atoms with van der Waals surface area (Å²) in [6, 6.07) is 4.88. The van der Waals surface area contributed by atoms with Crippen LogP contribution in [0.25, 0.3) is 11.6 Å². The second-order valence-electron chi connectivity index (χ2n) is 9.28. The van der Waals surface area contributed by atoms with E-state index in [1.807, 2.05) is 0 Å². The maximum atomic E-state index is 14.0. The highest BCUT2D eigenvalue weighted by atomic mass is 19.4. The molecule has 3 heterocycles. The van der Waals surface area contributed by atoms with Crippen LogP contribution in [0.3, 0.4) is 0 Å². The zero-order valence-electron chi connectivity index (χ0n) is 21.1. The van der Waals surface area contributed by atoms with Crippen LogP contribution in [0.5, 0.6) is 5.75 Å². The number of alkyl halides is 9. The molecule has 228 valence electrons. The van der Waals surface area contributed by atoms with Crippen molar-refractivity contribution in [2.75, 3.05) is 12.3 Å². The maximum Gasteiger partial charge on any atom is 0.573 e. The van der Waals surface area contributed by atoms with Gasteiger partial charge in [0.15, 0.2) is 5.69 Å². The first-order valence-corrected chi connectivity index (χ1v) is 12.0.